The average Bonchev–Trinajstić information content (AvgIpc) is 3.00. The lowest BCUT2D eigenvalue weighted by Gasteiger charge is -2.30. The molecule has 7 heteroatoms. The minimum atomic E-state index is -4.49. The van der Waals surface area contributed by atoms with E-state index in [2.05, 4.69) is 22.8 Å². The molecule has 2 N–H and O–H groups in total. The third-order valence-corrected chi connectivity index (χ3v) is 5.71. The lowest BCUT2D eigenvalue weighted by atomic mass is 9.77. The van der Waals surface area contributed by atoms with Crippen molar-refractivity contribution in [3.63, 3.8) is 0 Å². The van der Waals surface area contributed by atoms with Crippen LogP contribution in [0, 0.1) is 12.8 Å². The lowest BCUT2D eigenvalue weighted by Crippen LogP contribution is -2.22. The Hall–Kier alpha value is -2.31. The van der Waals surface area contributed by atoms with Gasteiger partial charge in [0.1, 0.15) is 0 Å². The highest BCUT2D eigenvalue weighted by Gasteiger charge is 2.33. The van der Waals surface area contributed by atoms with Gasteiger partial charge in [0.2, 0.25) is 5.91 Å². The van der Waals surface area contributed by atoms with Crippen LogP contribution in [0.1, 0.15) is 71.4 Å². The number of carbonyl (C=O) groups is 1. The van der Waals surface area contributed by atoms with Gasteiger partial charge in [-0.3, -0.25) is 9.48 Å². The number of hydrogen-bond acceptors (Lipinski definition) is 2. The Bertz CT molecular complexity index is 849. The number of alkyl halides is 3. The molecule has 0 aliphatic heterocycles. The van der Waals surface area contributed by atoms with Crippen LogP contribution in [-0.4, -0.2) is 15.7 Å². The van der Waals surface area contributed by atoms with E-state index in [0.29, 0.717) is 11.5 Å². The van der Waals surface area contributed by atoms with Gasteiger partial charge in [0, 0.05) is 17.8 Å². The van der Waals surface area contributed by atoms with Crippen molar-refractivity contribution in [2.75, 3.05) is 0 Å². The fourth-order valence-electron chi connectivity index (χ4n) is 4.24. The number of amides is 1. The third-order valence-electron chi connectivity index (χ3n) is 5.71. The zero-order valence-electron chi connectivity index (χ0n) is 16.2. The molecule has 1 aliphatic carbocycles. The van der Waals surface area contributed by atoms with Gasteiger partial charge in [0.15, 0.2) is 0 Å². The molecule has 0 bridgehead atoms. The van der Waals surface area contributed by atoms with E-state index in [9.17, 15) is 18.0 Å². The Labute approximate surface area is 162 Å². The first-order valence-corrected chi connectivity index (χ1v) is 9.73. The molecule has 0 saturated heterocycles. The summed E-state index contributed by atoms with van der Waals surface area (Å²) in [6, 6.07) is 5.48. The van der Waals surface area contributed by atoms with Crippen molar-refractivity contribution in [1.29, 1.82) is 0 Å². The van der Waals surface area contributed by atoms with E-state index in [1.54, 1.807) is 0 Å². The number of halogens is 3. The van der Waals surface area contributed by atoms with E-state index < -0.39 is 17.6 Å². The van der Waals surface area contributed by atoms with Gasteiger partial charge in [-0.1, -0.05) is 13.0 Å². The Morgan fingerprint density at radius 1 is 1.21 bits per heavy atom. The fraction of sp³-hybridized carbons (Fsp3) is 0.524. The van der Waals surface area contributed by atoms with Crippen LogP contribution in [0.4, 0.5) is 13.2 Å². The lowest BCUT2D eigenvalue weighted by molar-refractivity contribution is -0.137. The van der Waals surface area contributed by atoms with Crippen LogP contribution in [0.5, 0.6) is 0 Å². The number of carbonyl (C=O) groups excluding carboxylic acids is 1. The van der Waals surface area contributed by atoms with Crippen LogP contribution in [0.2, 0.25) is 0 Å². The molecule has 0 atom stereocenters. The normalized spacial score (nSPS) is 20.3. The first-order valence-electron chi connectivity index (χ1n) is 9.73. The minimum Gasteiger partial charge on any atom is -0.366 e. The topological polar surface area (TPSA) is 60.9 Å². The van der Waals surface area contributed by atoms with Gasteiger partial charge in [-0.15, -0.1) is 0 Å². The number of aromatic nitrogens is 2. The maximum Gasteiger partial charge on any atom is 0.416 e. The SMILES string of the molecule is CCc1cc(C)nn1CC1CCC(c2ccc(C(F)(F)F)cc2C(N)=O)CC1. The molecular weight excluding hydrogens is 367 g/mol. The quantitative estimate of drug-likeness (QED) is 0.790. The van der Waals surface area contributed by atoms with Gasteiger partial charge in [0.05, 0.1) is 11.3 Å². The predicted molar refractivity (Wildman–Crippen MR) is 101 cm³/mol. The third kappa shape index (κ3) is 4.39. The number of benzene rings is 1. The summed E-state index contributed by atoms with van der Waals surface area (Å²) in [6.45, 7) is 4.96. The Balaban J connectivity index is 1.71. The highest BCUT2D eigenvalue weighted by molar-refractivity contribution is 5.94. The zero-order valence-corrected chi connectivity index (χ0v) is 16.2. The number of nitrogens with zero attached hydrogens (tertiary/aromatic N) is 2. The maximum absolute atomic E-state index is 13.0. The molecule has 1 saturated carbocycles. The monoisotopic (exact) mass is 393 g/mol. The first-order chi connectivity index (χ1) is 13.2. The summed E-state index contributed by atoms with van der Waals surface area (Å²) in [5, 5.41) is 4.57. The summed E-state index contributed by atoms with van der Waals surface area (Å²) < 4.78 is 41.0. The van der Waals surface area contributed by atoms with Crippen molar-refractivity contribution < 1.29 is 18.0 Å². The molecule has 1 fully saturated rings. The van der Waals surface area contributed by atoms with Gasteiger partial charge < -0.3 is 5.73 Å². The summed E-state index contributed by atoms with van der Waals surface area (Å²) in [7, 11) is 0. The highest BCUT2D eigenvalue weighted by atomic mass is 19.4. The largest absolute Gasteiger partial charge is 0.416 e. The molecule has 1 aromatic heterocycles. The van der Waals surface area contributed by atoms with Crippen LogP contribution in [0.25, 0.3) is 0 Å². The number of aryl methyl sites for hydroxylation is 2. The summed E-state index contributed by atoms with van der Waals surface area (Å²) >= 11 is 0. The molecule has 1 aromatic carbocycles. The van der Waals surface area contributed by atoms with Crippen molar-refractivity contribution in [1.82, 2.24) is 9.78 Å². The van der Waals surface area contributed by atoms with E-state index >= 15 is 0 Å². The predicted octanol–water partition coefficient (Wildman–Crippen LogP) is 4.85. The summed E-state index contributed by atoms with van der Waals surface area (Å²) in [5.74, 6) is -0.263. The summed E-state index contributed by atoms with van der Waals surface area (Å²) in [4.78, 5) is 11.8. The molecule has 1 aliphatic rings. The molecule has 4 nitrogen and oxygen atoms in total. The molecule has 3 rings (SSSR count). The molecular formula is C21H26F3N3O. The second kappa shape index (κ2) is 7.97. The number of nitrogens with two attached hydrogens (primary N) is 1. The van der Waals surface area contributed by atoms with Gasteiger partial charge in [0.25, 0.3) is 0 Å². The second-order valence-corrected chi connectivity index (χ2v) is 7.69. The van der Waals surface area contributed by atoms with Crippen molar-refractivity contribution in [2.45, 2.75) is 64.6 Å². The summed E-state index contributed by atoms with van der Waals surface area (Å²) in [5.41, 5.74) is 7.42. The Morgan fingerprint density at radius 2 is 1.89 bits per heavy atom. The van der Waals surface area contributed by atoms with E-state index in [0.717, 1.165) is 56.5 Å². The fourth-order valence-corrected chi connectivity index (χ4v) is 4.24. The number of hydrogen-bond donors (Lipinski definition) is 1. The maximum atomic E-state index is 13.0. The van der Waals surface area contributed by atoms with Crippen molar-refractivity contribution in [3.05, 3.63) is 52.3 Å². The van der Waals surface area contributed by atoms with Crippen LogP contribution < -0.4 is 5.73 Å². The van der Waals surface area contributed by atoms with Crippen molar-refractivity contribution >= 4 is 5.91 Å². The van der Waals surface area contributed by atoms with E-state index in [1.807, 2.05) is 6.92 Å². The van der Waals surface area contributed by atoms with Crippen LogP contribution >= 0.6 is 0 Å². The van der Waals surface area contributed by atoms with E-state index in [4.69, 9.17) is 5.73 Å². The average molecular weight is 393 g/mol. The van der Waals surface area contributed by atoms with E-state index in [-0.39, 0.29) is 11.5 Å². The van der Waals surface area contributed by atoms with Gasteiger partial charge in [-0.2, -0.15) is 18.3 Å². The standard InChI is InChI=1S/C21H26F3N3O/c1-3-17-10-13(2)26-27(17)12-14-4-6-15(7-5-14)18-9-8-16(21(22,23)24)11-19(18)20(25)28/h8-11,14-15H,3-7,12H2,1-2H3,(H2,25,28). The highest BCUT2D eigenvalue weighted by Crippen LogP contribution is 2.39. The van der Waals surface area contributed by atoms with Crippen molar-refractivity contribution in [3.8, 4) is 0 Å². The molecule has 28 heavy (non-hydrogen) atoms. The number of rotatable bonds is 5. The Kier molecular flexibility index (Phi) is 5.82. The van der Waals surface area contributed by atoms with Crippen molar-refractivity contribution in [2.24, 2.45) is 11.7 Å². The van der Waals surface area contributed by atoms with E-state index in [1.165, 1.54) is 11.8 Å². The zero-order chi connectivity index (χ0) is 20.5. The molecule has 2 aromatic rings. The second-order valence-electron chi connectivity index (χ2n) is 7.69. The Morgan fingerprint density at radius 3 is 2.46 bits per heavy atom. The van der Waals surface area contributed by atoms with Gasteiger partial charge in [-0.25, -0.2) is 0 Å². The smallest absolute Gasteiger partial charge is 0.366 e. The van der Waals surface area contributed by atoms with Gasteiger partial charge >= 0.3 is 6.18 Å². The van der Waals surface area contributed by atoms with Crippen LogP contribution in [0.3, 0.4) is 0 Å². The minimum absolute atomic E-state index is 0.00533. The molecule has 152 valence electrons. The summed E-state index contributed by atoms with van der Waals surface area (Å²) in [6.07, 6.45) is 0.0108. The molecule has 1 heterocycles. The van der Waals surface area contributed by atoms with Crippen LogP contribution in [0.15, 0.2) is 24.3 Å². The molecule has 0 unspecified atom stereocenters. The van der Waals surface area contributed by atoms with Crippen LogP contribution in [-0.2, 0) is 19.1 Å². The molecule has 0 radical (unpaired) electrons. The van der Waals surface area contributed by atoms with Gasteiger partial charge in [-0.05, 0) is 74.6 Å². The first kappa shape index (κ1) is 20.4. The molecule has 1 amide bonds. The molecule has 0 spiro atoms. The number of primary amides is 1.